The fourth-order valence-electron chi connectivity index (χ4n) is 2.01. The molecule has 0 spiro atoms. The SMILES string of the molecule is N#CCNC(=O)C1CC(=O)N(c2ccccc2)C1. The van der Waals surface area contributed by atoms with Gasteiger partial charge in [0.2, 0.25) is 11.8 Å². The molecule has 1 saturated heterocycles. The van der Waals surface area contributed by atoms with Crippen LogP contribution in [0.4, 0.5) is 5.69 Å². The summed E-state index contributed by atoms with van der Waals surface area (Å²) >= 11 is 0. The summed E-state index contributed by atoms with van der Waals surface area (Å²) in [6, 6.07) is 11.1. The lowest BCUT2D eigenvalue weighted by Gasteiger charge is -2.16. The molecule has 0 saturated carbocycles. The van der Waals surface area contributed by atoms with Crippen LogP contribution in [0.5, 0.6) is 0 Å². The largest absolute Gasteiger partial charge is 0.343 e. The molecule has 2 rings (SSSR count). The molecule has 1 aromatic rings. The Morgan fingerprint density at radius 1 is 1.44 bits per heavy atom. The van der Waals surface area contributed by atoms with Gasteiger partial charge in [0.15, 0.2) is 0 Å². The molecule has 1 N–H and O–H groups in total. The van der Waals surface area contributed by atoms with Gasteiger partial charge in [-0.3, -0.25) is 9.59 Å². The maximum Gasteiger partial charge on any atom is 0.227 e. The fourth-order valence-corrected chi connectivity index (χ4v) is 2.01. The first-order valence-electron chi connectivity index (χ1n) is 5.72. The molecule has 5 nitrogen and oxygen atoms in total. The van der Waals surface area contributed by atoms with E-state index in [9.17, 15) is 9.59 Å². The van der Waals surface area contributed by atoms with Gasteiger partial charge >= 0.3 is 0 Å². The number of benzene rings is 1. The van der Waals surface area contributed by atoms with E-state index in [1.807, 2.05) is 36.4 Å². The van der Waals surface area contributed by atoms with E-state index >= 15 is 0 Å². The Hall–Kier alpha value is -2.35. The highest BCUT2D eigenvalue weighted by atomic mass is 16.2. The molecule has 0 radical (unpaired) electrons. The van der Waals surface area contributed by atoms with Crippen molar-refractivity contribution in [3.63, 3.8) is 0 Å². The maximum absolute atomic E-state index is 11.8. The van der Waals surface area contributed by atoms with E-state index in [0.717, 1.165) is 5.69 Å². The van der Waals surface area contributed by atoms with Crippen LogP contribution in [0.25, 0.3) is 0 Å². The number of nitrogens with zero attached hydrogens (tertiary/aromatic N) is 2. The van der Waals surface area contributed by atoms with Crippen molar-refractivity contribution in [3.05, 3.63) is 30.3 Å². The first kappa shape index (κ1) is 12.1. The molecule has 1 atom stereocenters. The van der Waals surface area contributed by atoms with Crippen LogP contribution in [-0.2, 0) is 9.59 Å². The number of para-hydroxylation sites is 1. The van der Waals surface area contributed by atoms with E-state index < -0.39 is 0 Å². The second-order valence-electron chi connectivity index (χ2n) is 4.12. The third kappa shape index (κ3) is 2.48. The topological polar surface area (TPSA) is 73.2 Å². The highest BCUT2D eigenvalue weighted by Crippen LogP contribution is 2.24. The minimum Gasteiger partial charge on any atom is -0.343 e. The summed E-state index contributed by atoms with van der Waals surface area (Å²) in [7, 11) is 0. The molecule has 92 valence electrons. The van der Waals surface area contributed by atoms with Gasteiger partial charge in [0.25, 0.3) is 0 Å². The van der Waals surface area contributed by atoms with Crippen LogP contribution in [0.3, 0.4) is 0 Å². The Balaban J connectivity index is 2.04. The summed E-state index contributed by atoms with van der Waals surface area (Å²) in [6.07, 6.45) is 0.201. The van der Waals surface area contributed by atoms with E-state index in [1.165, 1.54) is 0 Å². The average Bonchev–Trinajstić information content (AvgIpc) is 2.79. The van der Waals surface area contributed by atoms with Gasteiger partial charge in [-0.2, -0.15) is 5.26 Å². The normalized spacial score (nSPS) is 18.5. The monoisotopic (exact) mass is 243 g/mol. The lowest BCUT2D eigenvalue weighted by molar-refractivity contribution is -0.126. The van der Waals surface area contributed by atoms with E-state index in [2.05, 4.69) is 5.32 Å². The number of hydrogen-bond donors (Lipinski definition) is 1. The van der Waals surface area contributed by atoms with Gasteiger partial charge in [-0.1, -0.05) is 18.2 Å². The van der Waals surface area contributed by atoms with Gasteiger partial charge in [0.05, 0.1) is 12.0 Å². The highest BCUT2D eigenvalue weighted by molar-refractivity contribution is 6.00. The number of nitrogens with one attached hydrogen (secondary N) is 1. The summed E-state index contributed by atoms with van der Waals surface area (Å²) < 4.78 is 0. The molecule has 0 bridgehead atoms. The highest BCUT2D eigenvalue weighted by Gasteiger charge is 2.34. The number of anilines is 1. The second-order valence-corrected chi connectivity index (χ2v) is 4.12. The van der Waals surface area contributed by atoms with Crippen molar-refractivity contribution in [1.29, 1.82) is 5.26 Å². The maximum atomic E-state index is 11.8. The molecule has 0 aromatic heterocycles. The van der Waals surface area contributed by atoms with Crippen LogP contribution in [0.1, 0.15) is 6.42 Å². The lowest BCUT2D eigenvalue weighted by Crippen LogP contribution is -2.33. The molecule has 1 unspecified atom stereocenters. The van der Waals surface area contributed by atoms with E-state index in [0.29, 0.717) is 6.54 Å². The first-order valence-corrected chi connectivity index (χ1v) is 5.72. The summed E-state index contributed by atoms with van der Waals surface area (Å²) in [5.41, 5.74) is 0.804. The zero-order valence-corrected chi connectivity index (χ0v) is 9.80. The summed E-state index contributed by atoms with van der Waals surface area (Å²) in [5.74, 6) is -0.660. The number of carbonyl (C=O) groups is 2. The second kappa shape index (κ2) is 5.32. The van der Waals surface area contributed by atoms with E-state index in [-0.39, 0.29) is 30.7 Å². The van der Waals surface area contributed by atoms with Crippen molar-refractivity contribution < 1.29 is 9.59 Å². The van der Waals surface area contributed by atoms with Gasteiger partial charge in [-0.15, -0.1) is 0 Å². The Labute approximate surface area is 105 Å². The minimum atomic E-state index is -0.369. The van der Waals surface area contributed by atoms with Crippen molar-refractivity contribution in [3.8, 4) is 6.07 Å². The van der Waals surface area contributed by atoms with Crippen LogP contribution >= 0.6 is 0 Å². The van der Waals surface area contributed by atoms with Crippen LogP contribution in [0.2, 0.25) is 0 Å². The van der Waals surface area contributed by atoms with Gasteiger partial charge in [0.1, 0.15) is 6.54 Å². The third-order valence-corrected chi connectivity index (χ3v) is 2.91. The lowest BCUT2D eigenvalue weighted by atomic mass is 10.1. The average molecular weight is 243 g/mol. The number of rotatable bonds is 3. The molecule has 18 heavy (non-hydrogen) atoms. The fraction of sp³-hybridized carbons (Fsp3) is 0.308. The van der Waals surface area contributed by atoms with E-state index in [1.54, 1.807) is 4.90 Å². The Bertz CT molecular complexity index is 493. The van der Waals surface area contributed by atoms with Crippen molar-refractivity contribution in [1.82, 2.24) is 5.32 Å². The van der Waals surface area contributed by atoms with Gasteiger partial charge in [-0.25, -0.2) is 0 Å². The van der Waals surface area contributed by atoms with Gasteiger partial charge < -0.3 is 10.2 Å². The Morgan fingerprint density at radius 3 is 2.83 bits per heavy atom. The zero-order valence-electron chi connectivity index (χ0n) is 9.80. The van der Waals surface area contributed by atoms with Gasteiger partial charge in [-0.05, 0) is 12.1 Å². The van der Waals surface area contributed by atoms with Gasteiger partial charge in [0, 0.05) is 18.7 Å². The first-order chi connectivity index (χ1) is 8.72. The predicted molar refractivity (Wildman–Crippen MR) is 65.5 cm³/mol. The van der Waals surface area contributed by atoms with E-state index in [4.69, 9.17) is 5.26 Å². The molecule has 1 fully saturated rings. The van der Waals surface area contributed by atoms with Crippen molar-refractivity contribution in [2.45, 2.75) is 6.42 Å². The molecular formula is C13H13N3O2. The number of nitriles is 1. The molecular weight excluding hydrogens is 230 g/mol. The minimum absolute atomic E-state index is 0.0190. The van der Waals surface area contributed by atoms with Crippen molar-refractivity contribution in [2.24, 2.45) is 5.92 Å². The molecule has 1 heterocycles. The van der Waals surface area contributed by atoms with Crippen molar-refractivity contribution >= 4 is 17.5 Å². The number of carbonyl (C=O) groups excluding carboxylic acids is 2. The summed E-state index contributed by atoms with van der Waals surface area (Å²) in [4.78, 5) is 25.1. The van der Waals surface area contributed by atoms with Crippen LogP contribution in [0, 0.1) is 17.2 Å². The number of hydrogen-bond acceptors (Lipinski definition) is 3. The van der Waals surface area contributed by atoms with Crippen molar-refractivity contribution in [2.75, 3.05) is 18.0 Å². The van der Waals surface area contributed by atoms with Crippen LogP contribution < -0.4 is 10.2 Å². The third-order valence-electron chi connectivity index (χ3n) is 2.91. The summed E-state index contributed by atoms with van der Waals surface area (Å²) in [5, 5.41) is 10.9. The molecule has 1 aliphatic heterocycles. The Kier molecular flexibility index (Phi) is 3.58. The molecule has 0 aliphatic carbocycles. The summed E-state index contributed by atoms with van der Waals surface area (Å²) in [6.45, 7) is 0.356. The quantitative estimate of drug-likeness (QED) is 0.793. The smallest absolute Gasteiger partial charge is 0.227 e. The molecule has 1 aliphatic rings. The zero-order chi connectivity index (χ0) is 13.0. The van der Waals surface area contributed by atoms with Crippen LogP contribution in [0.15, 0.2) is 30.3 Å². The molecule has 5 heteroatoms. The molecule has 1 aromatic carbocycles. The molecule has 2 amide bonds. The standard InChI is InChI=1S/C13H13N3O2/c14-6-7-15-13(18)10-8-12(17)16(9-10)11-4-2-1-3-5-11/h1-5,10H,7-9H2,(H,15,18). The number of amides is 2. The van der Waals surface area contributed by atoms with Crippen LogP contribution in [-0.4, -0.2) is 24.9 Å². The predicted octanol–water partition coefficient (Wildman–Crippen LogP) is 0.679. The Morgan fingerprint density at radius 2 is 2.17 bits per heavy atom.